The molecule has 1 N–H and O–H groups in total. The van der Waals surface area contributed by atoms with E-state index in [9.17, 15) is 9.59 Å². The average Bonchev–Trinajstić information content (AvgIpc) is 3.26. The maximum Gasteiger partial charge on any atom is 0.294 e. The molecule has 0 aliphatic heterocycles. The van der Waals surface area contributed by atoms with Gasteiger partial charge in [-0.2, -0.15) is 0 Å². The molecule has 4 aromatic rings. The number of aromatic nitrogens is 1. The minimum atomic E-state index is -0.359. The van der Waals surface area contributed by atoms with Crippen LogP contribution in [0.5, 0.6) is 5.75 Å². The smallest absolute Gasteiger partial charge is 0.294 e. The van der Waals surface area contributed by atoms with Crippen LogP contribution >= 0.6 is 0 Å². The number of aromatic amines is 1. The predicted octanol–water partition coefficient (Wildman–Crippen LogP) is 3.98. The highest BCUT2D eigenvalue weighted by molar-refractivity contribution is 6.05. The summed E-state index contributed by atoms with van der Waals surface area (Å²) in [5.74, 6) is 0.352. The van der Waals surface area contributed by atoms with Gasteiger partial charge in [0.1, 0.15) is 5.75 Å². The van der Waals surface area contributed by atoms with E-state index in [1.165, 1.54) is 18.3 Å². The van der Waals surface area contributed by atoms with Crippen molar-refractivity contribution in [2.24, 2.45) is 0 Å². The van der Waals surface area contributed by atoms with Gasteiger partial charge >= 0.3 is 0 Å². The van der Waals surface area contributed by atoms with E-state index in [-0.39, 0.29) is 23.8 Å². The first kappa shape index (κ1) is 17.6. The highest BCUT2D eigenvalue weighted by atomic mass is 16.5. The lowest BCUT2D eigenvalue weighted by Crippen LogP contribution is -2.33. The molecule has 6 nitrogen and oxygen atoms in total. The summed E-state index contributed by atoms with van der Waals surface area (Å²) in [6, 6.07) is 19.7. The van der Waals surface area contributed by atoms with Gasteiger partial charge in [-0.3, -0.25) is 14.5 Å². The summed E-state index contributed by atoms with van der Waals surface area (Å²) >= 11 is 0. The number of fused-ring (bicyclic) bond motifs is 1. The van der Waals surface area contributed by atoms with Crippen LogP contribution in [0.25, 0.3) is 10.9 Å². The number of ether oxygens (including phenoxy) is 1. The molecule has 1 amide bonds. The second-order valence-corrected chi connectivity index (χ2v) is 6.25. The van der Waals surface area contributed by atoms with Crippen molar-refractivity contribution in [1.82, 2.24) is 4.98 Å². The number of rotatable bonds is 5. The molecule has 140 valence electrons. The van der Waals surface area contributed by atoms with E-state index in [0.717, 1.165) is 10.9 Å². The van der Waals surface area contributed by atoms with Crippen molar-refractivity contribution in [3.8, 4) is 5.75 Å². The zero-order valence-corrected chi connectivity index (χ0v) is 15.2. The number of nitrogens with one attached hydrogen (secondary N) is 1. The summed E-state index contributed by atoms with van der Waals surface area (Å²) in [4.78, 5) is 30.1. The van der Waals surface area contributed by atoms with E-state index >= 15 is 0 Å². The molecule has 28 heavy (non-hydrogen) atoms. The first-order valence-electron chi connectivity index (χ1n) is 8.76. The number of anilines is 1. The van der Waals surface area contributed by atoms with E-state index in [1.54, 1.807) is 30.3 Å². The normalized spacial score (nSPS) is 10.8. The molecule has 2 aromatic heterocycles. The van der Waals surface area contributed by atoms with Crippen molar-refractivity contribution in [2.45, 2.75) is 6.54 Å². The van der Waals surface area contributed by atoms with E-state index < -0.39 is 0 Å². The maximum absolute atomic E-state index is 13.1. The van der Waals surface area contributed by atoms with Crippen LogP contribution in [-0.4, -0.2) is 18.0 Å². The van der Waals surface area contributed by atoms with Crippen molar-refractivity contribution < 1.29 is 13.9 Å². The highest BCUT2D eigenvalue weighted by Gasteiger charge is 2.24. The van der Waals surface area contributed by atoms with Crippen molar-refractivity contribution >= 4 is 22.5 Å². The Bertz CT molecular complexity index is 1180. The van der Waals surface area contributed by atoms with Gasteiger partial charge in [0.25, 0.3) is 11.5 Å². The zero-order chi connectivity index (χ0) is 19.5. The molecule has 0 aliphatic carbocycles. The number of para-hydroxylation sites is 3. The third-order valence-electron chi connectivity index (χ3n) is 4.51. The van der Waals surface area contributed by atoms with Crippen LogP contribution in [0.3, 0.4) is 0 Å². The first-order valence-corrected chi connectivity index (χ1v) is 8.76. The average molecular weight is 374 g/mol. The molecule has 0 bridgehead atoms. The lowest BCUT2D eigenvalue weighted by Gasteiger charge is -2.23. The molecule has 0 spiro atoms. The molecule has 4 rings (SSSR count). The van der Waals surface area contributed by atoms with Crippen LogP contribution in [0, 0.1) is 0 Å². The number of H-pyrrole nitrogens is 1. The summed E-state index contributed by atoms with van der Waals surface area (Å²) < 4.78 is 10.7. The molecular weight excluding hydrogens is 356 g/mol. The standard InChI is InChI=1S/C22H18N2O4/c1-27-19-10-5-4-9-18(19)24(22(26)20-11-6-12-28-20)14-16-13-15-7-2-3-8-17(15)23-21(16)25/h2-13H,14H2,1H3,(H,23,25). The van der Waals surface area contributed by atoms with Gasteiger partial charge in [0.15, 0.2) is 5.76 Å². The molecule has 0 unspecified atom stereocenters. The lowest BCUT2D eigenvalue weighted by molar-refractivity contribution is 0.0957. The SMILES string of the molecule is COc1ccccc1N(Cc1cc2ccccc2[nH]c1=O)C(=O)c1ccco1. The molecule has 0 atom stereocenters. The molecule has 0 saturated heterocycles. The maximum atomic E-state index is 13.1. The van der Waals surface area contributed by atoms with E-state index in [0.29, 0.717) is 17.0 Å². The van der Waals surface area contributed by atoms with Crippen molar-refractivity contribution in [1.29, 1.82) is 0 Å². The van der Waals surface area contributed by atoms with Crippen LogP contribution in [-0.2, 0) is 6.54 Å². The number of amides is 1. The van der Waals surface area contributed by atoms with Gasteiger partial charge in [-0.15, -0.1) is 0 Å². The summed E-state index contributed by atoms with van der Waals surface area (Å²) in [5, 5.41) is 0.891. The fraction of sp³-hybridized carbons (Fsp3) is 0.0909. The first-order chi connectivity index (χ1) is 13.7. The van der Waals surface area contributed by atoms with Gasteiger partial charge in [-0.25, -0.2) is 0 Å². The molecular formula is C22H18N2O4. The van der Waals surface area contributed by atoms with Crippen LogP contribution in [0.1, 0.15) is 16.1 Å². The molecule has 0 radical (unpaired) electrons. The van der Waals surface area contributed by atoms with Gasteiger partial charge in [-0.05, 0) is 41.8 Å². The molecule has 0 saturated carbocycles. The number of nitrogens with zero attached hydrogens (tertiary/aromatic N) is 1. The van der Waals surface area contributed by atoms with Gasteiger partial charge in [0.2, 0.25) is 0 Å². The summed E-state index contributed by atoms with van der Waals surface area (Å²) in [7, 11) is 1.54. The molecule has 0 aliphatic rings. The number of carbonyl (C=O) groups is 1. The summed E-state index contributed by atoms with van der Waals surface area (Å²) in [6.45, 7) is 0.0695. The summed E-state index contributed by atoms with van der Waals surface area (Å²) in [5.41, 5.74) is 1.52. The molecule has 0 fully saturated rings. The number of benzene rings is 2. The second kappa shape index (κ2) is 7.44. The fourth-order valence-corrected chi connectivity index (χ4v) is 3.13. The van der Waals surface area contributed by atoms with E-state index in [1.807, 2.05) is 36.4 Å². The number of hydrogen-bond donors (Lipinski definition) is 1. The number of carbonyl (C=O) groups excluding carboxylic acids is 1. The van der Waals surface area contributed by atoms with Crippen LogP contribution in [0.15, 0.2) is 82.2 Å². The number of hydrogen-bond acceptors (Lipinski definition) is 4. The van der Waals surface area contributed by atoms with Gasteiger partial charge in [0.05, 0.1) is 25.6 Å². The Kier molecular flexibility index (Phi) is 4.68. The number of pyridine rings is 1. The van der Waals surface area contributed by atoms with Crippen molar-refractivity contribution in [2.75, 3.05) is 12.0 Å². The van der Waals surface area contributed by atoms with Gasteiger partial charge in [-0.1, -0.05) is 30.3 Å². The zero-order valence-electron chi connectivity index (χ0n) is 15.2. The lowest BCUT2D eigenvalue weighted by atomic mass is 10.1. The Morgan fingerprint density at radius 1 is 1.07 bits per heavy atom. The van der Waals surface area contributed by atoms with Crippen LogP contribution < -0.4 is 15.2 Å². The third kappa shape index (κ3) is 3.27. The van der Waals surface area contributed by atoms with E-state index in [4.69, 9.17) is 9.15 Å². The largest absolute Gasteiger partial charge is 0.495 e. The minimum Gasteiger partial charge on any atom is -0.495 e. The van der Waals surface area contributed by atoms with Crippen LogP contribution in [0.2, 0.25) is 0 Å². The van der Waals surface area contributed by atoms with Gasteiger partial charge < -0.3 is 14.1 Å². The Balaban J connectivity index is 1.81. The second-order valence-electron chi connectivity index (χ2n) is 6.25. The fourth-order valence-electron chi connectivity index (χ4n) is 3.13. The Labute approximate surface area is 161 Å². The molecule has 2 aromatic carbocycles. The van der Waals surface area contributed by atoms with E-state index in [2.05, 4.69) is 4.98 Å². The van der Waals surface area contributed by atoms with Gasteiger partial charge in [0, 0.05) is 11.1 Å². The Morgan fingerprint density at radius 2 is 1.86 bits per heavy atom. The predicted molar refractivity (Wildman–Crippen MR) is 107 cm³/mol. The summed E-state index contributed by atoms with van der Waals surface area (Å²) in [6.07, 6.45) is 1.44. The Morgan fingerprint density at radius 3 is 2.64 bits per heavy atom. The Hall–Kier alpha value is -3.80. The van der Waals surface area contributed by atoms with Crippen molar-refractivity contribution in [3.63, 3.8) is 0 Å². The van der Waals surface area contributed by atoms with Crippen LogP contribution in [0.4, 0.5) is 5.69 Å². The molecule has 2 heterocycles. The van der Waals surface area contributed by atoms with Crippen molar-refractivity contribution in [3.05, 3.63) is 94.7 Å². The highest BCUT2D eigenvalue weighted by Crippen LogP contribution is 2.30. The third-order valence-corrected chi connectivity index (χ3v) is 4.51. The number of furan rings is 1. The quantitative estimate of drug-likeness (QED) is 0.573. The monoisotopic (exact) mass is 374 g/mol. The molecule has 6 heteroatoms. The minimum absolute atomic E-state index is 0.0695. The number of methoxy groups -OCH3 is 1. The topological polar surface area (TPSA) is 75.5 Å².